The zero-order valence-corrected chi connectivity index (χ0v) is 11.3. The van der Waals surface area contributed by atoms with Crippen molar-refractivity contribution in [3.05, 3.63) is 28.6 Å². The Hall–Kier alpha value is -1.44. The number of nitrogens with zero attached hydrogens (tertiary/aromatic N) is 2. The van der Waals surface area contributed by atoms with E-state index in [-0.39, 0.29) is 13.3 Å². The highest BCUT2D eigenvalue weighted by molar-refractivity contribution is 7.98. The molecule has 2 aromatic rings. The number of ether oxygens (including phenoxy) is 2. The van der Waals surface area contributed by atoms with Crippen LogP contribution >= 0.6 is 23.4 Å². The Morgan fingerprint density at radius 2 is 2.21 bits per heavy atom. The van der Waals surface area contributed by atoms with Gasteiger partial charge in [-0.05, 0) is 17.7 Å². The molecule has 1 aliphatic heterocycles. The first-order valence-electron chi connectivity index (χ1n) is 5.49. The van der Waals surface area contributed by atoms with Crippen LogP contribution in [0.2, 0.25) is 5.02 Å². The Kier molecular flexibility index (Phi) is 3.50. The lowest BCUT2D eigenvalue weighted by molar-refractivity contribution is 0.174. The maximum atomic E-state index is 6.10. The summed E-state index contributed by atoms with van der Waals surface area (Å²) in [5, 5.41) is 8.68. The summed E-state index contributed by atoms with van der Waals surface area (Å²) >= 11 is 7.51. The van der Waals surface area contributed by atoms with Crippen molar-refractivity contribution in [3.63, 3.8) is 0 Å². The van der Waals surface area contributed by atoms with Crippen molar-refractivity contribution in [3.8, 4) is 11.5 Å². The van der Waals surface area contributed by atoms with Gasteiger partial charge in [0.25, 0.3) is 5.22 Å². The van der Waals surface area contributed by atoms with Crippen LogP contribution in [-0.4, -0.2) is 17.0 Å². The van der Waals surface area contributed by atoms with Gasteiger partial charge in [0.15, 0.2) is 11.5 Å². The molecular formula is C11H10ClN3O3S. The number of thioether (sulfide) groups is 1. The molecule has 0 spiro atoms. The van der Waals surface area contributed by atoms with Crippen molar-refractivity contribution in [2.45, 2.75) is 17.5 Å². The number of hydrogen-bond donors (Lipinski definition) is 1. The van der Waals surface area contributed by atoms with Gasteiger partial charge in [-0.3, -0.25) is 0 Å². The third-order valence-corrected chi connectivity index (χ3v) is 3.64. The second kappa shape index (κ2) is 5.28. The van der Waals surface area contributed by atoms with Gasteiger partial charge >= 0.3 is 0 Å². The first-order valence-corrected chi connectivity index (χ1v) is 6.86. The molecule has 0 aliphatic carbocycles. The summed E-state index contributed by atoms with van der Waals surface area (Å²) in [7, 11) is 0. The second-order valence-corrected chi connectivity index (χ2v) is 5.10. The van der Waals surface area contributed by atoms with Gasteiger partial charge in [0.1, 0.15) is 0 Å². The van der Waals surface area contributed by atoms with E-state index in [1.807, 2.05) is 12.1 Å². The van der Waals surface area contributed by atoms with Crippen LogP contribution < -0.4 is 15.2 Å². The molecule has 2 heterocycles. The molecule has 8 heteroatoms. The summed E-state index contributed by atoms with van der Waals surface area (Å²) in [5.74, 6) is 2.32. The number of nitrogens with two attached hydrogens (primary N) is 1. The highest BCUT2D eigenvalue weighted by atomic mass is 35.5. The highest BCUT2D eigenvalue weighted by Gasteiger charge is 2.18. The number of benzene rings is 1. The first kappa shape index (κ1) is 12.6. The molecule has 100 valence electrons. The molecule has 0 saturated heterocycles. The fourth-order valence-electron chi connectivity index (χ4n) is 1.63. The van der Waals surface area contributed by atoms with Crippen LogP contribution in [0.1, 0.15) is 11.5 Å². The second-order valence-electron chi connectivity index (χ2n) is 3.77. The Labute approximate surface area is 118 Å². The molecule has 1 aromatic carbocycles. The Morgan fingerprint density at radius 1 is 1.32 bits per heavy atom. The van der Waals surface area contributed by atoms with Gasteiger partial charge in [-0.25, -0.2) is 0 Å². The summed E-state index contributed by atoms with van der Waals surface area (Å²) in [4.78, 5) is 0. The van der Waals surface area contributed by atoms with Crippen molar-refractivity contribution >= 4 is 23.4 Å². The third-order valence-electron chi connectivity index (χ3n) is 2.47. The van der Waals surface area contributed by atoms with E-state index in [2.05, 4.69) is 10.2 Å². The van der Waals surface area contributed by atoms with Crippen molar-refractivity contribution in [2.75, 3.05) is 6.79 Å². The molecule has 0 fully saturated rings. The molecule has 1 aliphatic rings. The van der Waals surface area contributed by atoms with Crippen molar-refractivity contribution in [1.82, 2.24) is 10.2 Å². The summed E-state index contributed by atoms with van der Waals surface area (Å²) < 4.78 is 15.9. The standard InChI is InChI=1S/C11H10ClN3O3S/c12-7-1-6(2-8-10(7)17-5-16-8)4-19-11-15-14-9(3-13)18-11/h1-2H,3-5,13H2. The molecule has 0 atom stereocenters. The normalized spacial score (nSPS) is 12.9. The minimum atomic E-state index is 0.204. The molecule has 3 rings (SSSR count). The molecule has 0 bridgehead atoms. The monoisotopic (exact) mass is 299 g/mol. The lowest BCUT2D eigenvalue weighted by atomic mass is 10.2. The van der Waals surface area contributed by atoms with Crippen LogP contribution in [-0.2, 0) is 12.3 Å². The fraction of sp³-hybridized carbons (Fsp3) is 0.273. The molecule has 1 aromatic heterocycles. The summed E-state index contributed by atoms with van der Waals surface area (Å²) in [6, 6.07) is 3.73. The minimum absolute atomic E-state index is 0.204. The minimum Gasteiger partial charge on any atom is -0.454 e. The molecule has 6 nitrogen and oxygen atoms in total. The van der Waals surface area contributed by atoms with E-state index in [1.54, 1.807) is 0 Å². The zero-order chi connectivity index (χ0) is 13.2. The fourth-order valence-corrected chi connectivity index (χ4v) is 2.63. The van der Waals surface area contributed by atoms with Crippen molar-refractivity contribution in [1.29, 1.82) is 0 Å². The molecule has 2 N–H and O–H groups in total. The van der Waals surface area contributed by atoms with Gasteiger partial charge in [0.05, 0.1) is 11.6 Å². The summed E-state index contributed by atoms with van der Waals surface area (Å²) in [6.45, 7) is 0.443. The molecular weight excluding hydrogens is 290 g/mol. The van der Waals surface area contributed by atoms with Crippen LogP contribution in [0.3, 0.4) is 0 Å². The van der Waals surface area contributed by atoms with Gasteiger partial charge in [-0.1, -0.05) is 23.4 Å². The first-order chi connectivity index (χ1) is 9.26. The number of halogens is 1. The maximum absolute atomic E-state index is 6.10. The SMILES string of the molecule is NCc1nnc(SCc2cc(Cl)c3c(c2)OCO3)o1. The van der Waals surface area contributed by atoms with E-state index in [0.717, 1.165) is 5.56 Å². The summed E-state index contributed by atoms with van der Waals surface area (Å²) in [6.07, 6.45) is 0. The van der Waals surface area contributed by atoms with Gasteiger partial charge in [-0.2, -0.15) is 0 Å². The average molecular weight is 300 g/mol. The topological polar surface area (TPSA) is 83.4 Å². The van der Waals surface area contributed by atoms with Crippen molar-refractivity contribution < 1.29 is 13.9 Å². The lowest BCUT2D eigenvalue weighted by Crippen LogP contribution is -1.95. The van der Waals surface area contributed by atoms with E-state index >= 15 is 0 Å². The average Bonchev–Trinajstić information content (AvgIpc) is 3.05. The van der Waals surface area contributed by atoms with Gasteiger partial charge in [0.2, 0.25) is 12.7 Å². The Morgan fingerprint density at radius 3 is 3.00 bits per heavy atom. The van der Waals surface area contributed by atoms with Crippen LogP contribution in [0.4, 0.5) is 0 Å². The summed E-state index contributed by atoms with van der Waals surface area (Å²) in [5.41, 5.74) is 6.39. The third kappa shape index (κ3) is 2.63. The quantitative estimate of drug-likeness (QED) is 0.866. The van der Waals surface area contributed by atoms with Gasteiger partial charge in [0, 0.05) is 5.75 Å². The molecule has 0 saturated carbocycles. The van der Waals surface area contributed by atoms with Crippen LogP contribution in [0.5, 0.6) is 11.5 Å². The van der Waals surface area contributed by atoms with Crippen LogP contribution in [0.25, 0.3) is 0 Å². The molecule has 0 radical (unpaired) electrons. The number of aromatic nitrogens is 2. The number of hydrogen-bond acceptors (Lipinski definition) is 7. The smallest absolute Gasteiger partial charge is 0.276 e. The predicted octanol–water partition coefficient (Wildman–Crippen LogP) is 2.20. The van der Waals surface area contributed by atoms with E-state index in [9.17, 15) is 0 Å². The Bertz CT molecular complexity index is 605. The van der Waals surface area contributed by atoms with Gasteiger partial charge < -0.3 is 19.6 Å². The van der Waals surface area contributed by atoms with E-state index in [4.69, 9.17) is 31.2 Å². The van der Waals surface area contributed by atoms with Crippen molar-refractivity contribution in [2.24, 2.45) is 5.73 Å². The van der Waals surface area contributed by atoms with Gasteiger partial charge in [-0.15, -0.1) is 10.2 Å². The Balaban J connectivity index is 1.72. The predicted molar refractivity (Wildman–Crippen MR) is 69.3 cm³/mol. The van der Waals surface area contributed by atoms with Crippen LogP contribution in [0, 0.1) is 0 Å². The van der Waals surface area contributed by atoms with Crippen LogP contribution in [0.15, 0.2) is 21.8 Å². The number of rotatable bonds is 4. The van der Waals surface area contributed by atoms with E-state index in [1.165, 1.54) is 11.8 Å². The number of fused-ring (bicyclic) bond motifs is 1. The maximum Gasteiger partial charge on any atom is 0.276 e. The van der Waals surface area contributed by atoms with E-state index < -0.39 is 0 Å². The van der Waals surface area contributed by atoms with E-state index in [0.29, 0.717) is 33.4 Å². The highest BCUT2D eigenvalue weighted by Crippen LogP contribution is 2.40. The lowest BCUT2D eigenvalue weighted by Gasteiger charge is -2.03. The molecule has 0 amide bonds. The molecule has 0 unspecified atom stereocenters. The zero-order valence-electron chi connectivity index (χ0n) is 9.76. The molecule has 19 heavy (non-hydrogen) atoms. The largest absolute Gasteiger partial charge is 0.454 e.